The molecule has 0 saturated heterocycles. The molecule has 0 aliphatic heterocycles. The molecule has 0 fully saturated rings. The SMILES string of the molecule is CC(=CC=CC(C)CCCC(C)CCCO)CCOC(=O)c1c(CO)[nH]c2ccccc12. The smallest absolute Gasteiger partial charge is 0.340 e. The molecule has 1 heterocycles. The Morgan fingerprint density at radius 2 is 1.88 bits per heavy atom. The van der Waals surface area contributed by atoms with Crippen molar-refractivity contribution in [3.05, 3.63) is 59.3 Å². The number of aliphatic hydroxyl groups excluding tert-OH is 2. The number of H-pyrrole nitrogens is 1. The first-order valence-corrected chi connectivity index (χ1v) is 11.8. The Kier molecular flexibility index (Phi) is 11.3. The molecule has 0 saturated carbocycles. The predicted molar refractivity (Wildman–Crippen MR) is 131 cm³/mol. The second-order valence-corrected chi connectivity index (χ2v) is 8.85. The fourth-order valence-corrected chi connectivity index (χ4v) is 3.89. The number of aliphatic hydroxyl groups is 2. The predicted octanol–water partition coefficient (Wildman–Crippen LogP) is 5.92. The van der Waals surface area contributed by atoms with Crippen LogP contribution in [-0.4, -0.2) is 34.4 Å². The molecule has 3 N–H and O–H groups in total. The van der Waals surface area contributed by atoms with Crippen molar-refractivity contribution >= 4 is 16.9 Å². The number of hydrogen-bond donors (Lipinski definition) is 3. The van der Waals surface area contributed by atoms with E-state index in [1.165, 1.54) is 19.3 Å². The number of para-hydroxylation sites is 1. The maximum atomic E-state index is 12.6. The van der Waals surface area contributed by atoms with Crippen LogP contribution in [0.4, 0.5) is 0 Å². The lowest BCUT2D eigenvalue weighted by atomic mass is 9.95. The number of benzene rings is 1. The minimum absolute atomic E-state index is 0.234. The molecular weight excluding hydrogens is 402 g/mol. The second kappa shape index (κ2) is 13.9. The van der Waals surface area contributed by atoms with Gasteiger partial charge in [0.1, 0.15) is 0 Å². The number of aromatic amines is 1. The zero-order valence-corrected chi connectivity index (χ0v) is 19.8. The molecule has 2 rings (SSSR count). The summed E-state index contributed by atoms with van der Waals surface area (Å²) in [6.07, 6.45) is 12.7. The third kappa shape index (κ3) is 8.29. The molecule has 0 bridgehead atoms. The van der Waals surface area contributed by atoms with Crippen molar-refractivity contribution in [1.29, 1.82) is 0 Å². The summed E-state index contributed by atoms with van der Waals surface area (Å²) in [4.78, 5) is 15.7. The highest BCUT2D eigenvalue weighted by atomic mass is 16.5. The molecule has 0 amide bonds. The standard InChI is InChI=1S/C27H39NO4/c1-20(9-6-11-21(2)13-8-17-29)10-7-12-22(3)16-18-32-27(31)26-23-14-4-5-15-24(23)28-25(26)19-30/h4-5,7,10,12,14-15,20-21,28-30H,6,8-9,11,13,16-19H2,1-3H3. The van der Waals surface area contributed by atoms with E-state index >= 15 is 0 Å². The summed E-state index contributed by atoms with van der Waals surface area (Å²) in [5.41, 5.74) is 2.88. The zero-order chi connectivity index (χ0) is 23.3. The monoisotopic (exact) mass is 441 g/mol. The van der Waals surface area contributed by atoms with Crippen LogP contribution in [0.3, 0.4) is 0 Å². The average molecular weight is 442 g/mol. The topological polar surface area (TPSA) is 82.6 Å². The van der Waals surface area contributed by atoms with Crippen molar-refractivity contribution in [1.82, 2.24) is 4.98 Å². The van der Waals surface area contributed by atoms with Crippen molar-refractivity contribution in [2.24, 2.45) is 11.8 Å². The molecule has 0 radical (unpaired) electrons. The summed E-state index contributed by atoms with van der Waals surface area (Å²) in [6, 6.07) is 7.49. The van der Waals surface area contributed by atoms with Crippen LogP contribution < -0.4 is 0 Å². The number of esters is 1. The Morgan fingerprint density at radius 3 is 2.62 bits per heavy atom. The van der Waals surface area contributed by atoms with Gasteiger partial charge in [-0.3, -0.25) is 0 Å². The lowest BCUT2D eigenvalue weighted by molar-refractivity contribution is 0.0508. The number of aromatic nitrogens is 1. The number of ether oxygens (including phenoxy) is 1. The number of carbonyl (C=O) groups excluding carboxylic acids is 1. The van der Waals surface area contributed by atoms with Crippen molar-refractivity contribution in [3.63, 3.8) is 0 Å². The molecular formula is C27H39NO4. The molecule has 1 aromatic carbocycles. The fourth-order valence-electron chi connectivity index (χ4n) is 3.89. The first-order valence-electron chi connectivity index (χ1n) is 11.8. The van der Waals surface area contributed by atoms with Crippen molar-refractivity contribution < 1.29 is 19.7 Å². The molecule has 32 heavy (non-hydrogen) atoms. The number of nitrogens with one attached hydrogen (secondary N) is 1. The van der Waals surface area contributed by atoms with E-state index in [0.29, 0.717) is 42.7 Å². The summed E-state index contributed by atoms with van der Waals surface area (Å²) < 4.78 is 5.49. The molecule has 2 unspecified atom stereocenters. The highest BCUT2D eigenvalue weighted by molar-refractivity contribution is 6.05. The van der Waals surface area contributed by atoms with E-state index in [4.69, 9.17) is 9.84 Å². The van der Waals surface area contributed by atoms with E-state index in [-0.39, 0.29) is 6.61 Å². The van der Waals surface area contributed by atoms with E-state index in [9.17, 15) is 9.90 Å². The van der Waals surface area contributed by atoms with Crippen LogP contribution in [-0.2, 0) is 11.3 Å². The third-order valence-electron chi connectivity index (χ3n) is 5.91. The molecule has 2 aromatic rings. The maximum Gasteiger partial charge on any atom is 0.340 e. The molecule has 0 spiro atoms. The van der Waals surface area contributed by atoms with Crippen LogP contribution in [0, 0.1) is 11.8 Å². The van der Waals surface area contributed by atoms with Gasteiger partial charge in [-0.2, -0.15) is 0 Å². The molecule has 1 aromatic heterocycles. The fraction of sp³-hybridized carbons (Fsp3) is 0.519. The number of hydrogen-bond acceptors (Lipinski definition) is 4. The first-order chi connectivity index (χ1) is 15.5. The Morgan fingerprint density at radius 1 is 1.12 bits per heavy atom. The van der Waals surface area contributed by atoms with Gasteiger partial charge >= 0.3 is 5.97 Å². The van der Waals surface area contributed by atoms with Crippen LogP contribution in [0.15, 0.2) is 48.1 Å². The van der Waals surface area contributed by atoms with Crippen LogP contribution >= 0.6 is 0 Å². The largest absolute Gasteiger partial charge is 0.462 e. The highest BCUT2D eigenvalue weighted by Crippen LogP contribution is 2.23. The summed E-state index contributed by atoms with van der Waals surface area (Å²) in [6.45, 7) is 6.90. The molecule has 0 aliphatic carbocycles. The van der Waals surface area contributed by atoms with Gasteiger partial charge in [-0.25, -0.2) is 4.79 Å². The summed E-state index contributed by atoms with van der Waals surface area (Å²) >= 11 is 0. The molecule has 5 nitrogen and oxygen atoms in total. The molecule has 5 heteroatoms. The Balaban J connectivity index is 1.74. The summed E-state index contributed by atoms with van der Waals surface area (Å²) in [7, 11) is 0. The Bertz CT molecular complexity index is 896. The lowest BCUT2D eigenvalue weighted by Crippen LogP contribution is -2.09. The van der Waals surface area contributed by atoms with Gasteiger partial charge in [-0.15, -0.1) is 0 Å². The van der Waals surface area contributed by atoms with Crippen LogP contribution in [0.5, 0.6) is 0 Å². The molecule has 0 aliphatic rings. The number of allylic oxidation sites excluding steroid dienone is 3. The van der Waals surface area contributed by atoms with Crippen LogP contribution in [0.2, 0.25) is 0 Å². The van der Waals surface area contributed by atoms with Crippen LogP contribution in [0.1, 0.15) is 75.3 Å². The highest BCUT2D eigenvalue weighted by Gasteiger charge is 2.19. The van der Waals surface area contributed by atoms with Gasteiger partial charge in [0.2, 0.25) is 0 Å². The van der Waals surface area contributed by atoms with Gasteiger partial charge in [-0.1, -0.05) is 68.7 Å². The third-order valence-corrected chi connectivity index (χ3v) is 5.91. The van der Waals surface area contributed by atoms with E-state index in [1.807, 2.05) is 31.2 Å². The number of rotatable bonds is 14. The number of carbonyl (C=O) groups is 1. The number of fused-ring (bicyclic) bond motifs is 1. The van der Waals surface area contributed by atoms with Gasteiger partial charge in [0.25, 0.3) is 0 Å². The second-order valence-electron chi connectivity index (χ2n) is 8.85. The summed E-state index contributed by atoms with van der Waals surface area (Å²) in [5, 5.41) is 19.3. The van der Waals surface area contributed by atoms with Gasteiger partial charge in [-0.05, 0) is 44.1 Å². The minimum atomic E-state index is -0.406. The average Bonchev–Trinajstić information content (AvgIpc) is 3.16. The normalized spacial score (nSPS) is 14.2. The van der Waals surface area contributed by atoms with Crippen LogP contribution in [0.25, 0.3) is 10.9 Å². The summed E-state index contributed by atoms with van der Waals surface area (Å²) in [5.74, 6) is 0.804. The van der Waals surface area contributed by atoms with Gasteiger partial charge in [0, 0.05) is 23.9 Å². The van der Waals surface area contributed by atoms with Gasteiger partial charge in [0.05, 0.1) is 24.5 Å². The molecule has 176 valence electrons. The van der Waals surface area contributed by atoms with E-state index in [1.54, 1.807) is 0 Å². The maximum absolute atomic E-state index is 12.6. The van der Waals surface area contributed by atoms with Crippen molar-refractivity contribution in [2.75, 3.05) is 13.2 Å². The van der Waals surface area contributed by atoms with E-state index < -0.39 is 5.97 Å². The molecule has 2 atom stereocenters. The van der Waals surface area contributed by atoms with Crippen molar-refractivity contribution in [3.8, 4) is 0 Å². The van der Waals surface area contributed by atoms with E-state index in [2.05, 4.69) is 37.1 Å². The van der Waals surface area contributed by atoms with Gasteiger partial charge in [0.15, 0.2) is 0 Å². The Hall–Kier alpha value is -2.37. The quantitative estimate of drug-likeness (QED) is 0.251. The lowest BCUT2D eigenvalue weighted by Gasteiger charge is -2.11. The zero-order valence-electron chi connectivity index (χ0n) is 19.8. The van der Waals surface area contributed by atoms with Gasteiger partial charge < -0.3 is 19.9 Å². The van der Waals surface area contributed by atoms with E-state index in [0.717, 1.165) is 29.3 Å². The Labute approximate surface area is 192 Å². The van der Waals surface area contributed by atoms with Crippen molar-refractivity contribution in [2.45, 2.75) is 65.9 Å². The first kappa shape index (κ1) is 25.9. The minimum Gasteiger partial charge on any atom is -0.462 e.